The maximum absolute atomic E-state index is 13.0. The van der Waals surface area contributed by atoms with Crippen molar-refractivity contribution in [3.63, 3.8) is 0 Å². The molecule has 3 rings (SSSR count). The van der Waals surface area contributed by atoms with Crippen molar-refractivity contribution >= 4 is 5.91 Å². The number of pyridine rings is 1. The molecule has 25 heavy (non-hydrogen) atoms. The SMILES string of the molecule is CC(C)(C)n1cc(C(=O)N(Cc2cccnc2)Cc2ccco2)cn1. The normalized spacial score (nSPS) is 11.5. The lowest BCUT2D eigenvalue weighted by atomic mass is 10.1. The molecule has 0 unspecified atom stereocenters. The Kier molecular flexibility index (Phi) is 4.70. The molecule has 0 bridgehead atoms. The average molecular weight is 338 g/mol. The van der Waals surface area contributed by atoms with E-state index in [0.717, 1.165) is 11.3 Å². The van der Waals surface area contributed by atoms with E-state index >= 15 is 0 Å². The van der Waals surface area contributed by atoms with Crippen LogP contribution in [0.2, 0.25) is 0 Å². The first-order chi connectivity index (χ1) is 11.9. The lowest BCUT2D eigenvalue weighted by molar-refractivity contribution is 0.0717. The Morgan fingerprint density at radius 1 is 1.20 bits per heavy atom. The van der Waals surface area contributed by atoms with Crippen LogP contribution >= 0.6 is 0 Å². The summed E-state index contributed by atoms with van der Waals surface area (Å²) in [6.07, 6.45) is 8.50. The molecule has 0 N–H and O–H groups in total. The minimum atomic E-state index is -0.173. The number of furan rings is 1. The largest absolute Gasteiger partial charge is 0.467 e. The van der Waals surface area contributed by atoms with Crippen LogP contribution in [-0.2, 0) is 18.6 Å². The third-order valence-corrected chi connectivity index (χ3v) is 3.83. The van der Waals surface area contributed by atoms with Crippen molar-refractivity contribution in [3.8, 4) is 0 Å². The Hall–Kier alpha value is -2.89. The molecule has 0 aliphatic rings. The van der Waals surface area contributed by atoms with Crippen molar-refractivity contribution in [2.24, 2.45) is 0 Å². The third-order valence-electron chi connectivity index (χ3n) is 3.83. The predicted octanol–water partition coefficient (Wildman–Crippen LogP) is 3.47. The quantitative estimate of drug-likeness (QED) is 0.714. The average Bonchev–Trinajstić information content (AvgIpc) is 3.26. The molecule has 6 nitrogen and oxygen atoms in total. The fourth-order valence-corrected chi connectivity index (χ4v) is 2.48. The summed E-state index contributed by atoms with van der Waals surface area (Å²) >= 11 is 0. The minimum Gasteiger partial charge on any atom is -0.467 e. The maximum atomic E-state index is 13.0. The molecule has 1 amide bonds. The summed E-state index contributed by atoms with van der Waals surface area (Å²) in [6, 6.07) is 7.50. The number of rotatable bonds is 5. The van der Waals surface area contributed by atoms with Gasteiger partial charge in [0, 0.05) is 25.1 Å². The Bertz CT molecular complexity index is 817. The second-order valence-corrected chi connectivity index (χ2v) is 6.95. The van der Waals surface area contributed by atoms with Gasteiger partial charge in [0.05, 0.1) is 30.1 Å². The molecule has 3 aromatic heterocycles. The topological polar surface area (TPSA) is 64.2 Å². The first kappa shape index (κ1) is 17.0. The lowest BCUT2D eigenvalue weighted by Crippen LogP contribution is -2.30. The zero-order valence-electron chi connectivity index (χ0n) is 14.7. The van der Waals surface area contributed by atoms with Gasteiger partial charge in [0.15, 0.2) is 0 Å². The van der Waals surface area contributed by atoms with Crippen LogP contribution in [0.5, 0.6) is 0 Å². The van der Waals surface area contributed by atoms with E-state index in [4.69, 9.17) is 4.42 Å². The van der Waals surface area contributed by atoms with E-state index in [2.05, 4.69) is 10.1 Å². The Morgan fingerprint density at radius 3 is 2.64 bits per heavy atom. The van der Waals surface area contributed by atoms with Gasteiger partial charge in [-0.1, -0.05) is 6.07 Å². The third kappa shape index (κ3) is 4.15. The molecule has 0 fully saturated rings. The van der Waals surface area contributed by atoms with Gasteiger partial charge < -0.3 is 9.32 Å². The van der Waals surface area contributed by atoms with Crippen LogP contribution in [-0.4, -0.2) is 25.6 Å². The summed E-state index contributed by atoms with van der Waals surface area (Å²) in [7, 11) is 0. The lowest BCUT2D eigenvalue weighted by Gasteiger charge is -2.21. The smallest absolute Gasteiger partial charge is 0.257 e. The zero-order chi connectivity index (χ0) is 17.9. The summed E-state index contributed by atoms with van der Waals surface area (Å²) in [6.45, 7) is 6.98. The highest BCUT2D eigenvalue weighted by Crippen LogP contribution is 2.17. The Labute approximate surface area is 147 Å². The van der Waals surface area contributed by atoms with Gasteiger partial charge in [-0.05, 0) is 44.5 Å². The number of amides is 1. The first-order valence-electron chi connectivity index (χ1n) is 8.19. The van der Waals surface area contributed by atoms with E-state index in [9.17, 15) is 4.79 Å². The Morgan fingerprint density at radius 2 is 2.04 bits per heavy atom. The highest BCUT2D eigenvalue weighted by atomic mass is 16.3. The first-order valence-corrected chi connectivity index (χ1v) is 8.19. The summed E-state index contributed by atoms with van der Waals surface area (Å²) in [5.41, 5.74) is 1.35. The van der Waals surface area contributed by atoms with E-state index < -0.39 is 0 Å². The van der Waals surface area contributed by atoms with Crippen molar-refractivity contribution < 1.29 is 9.21 Å². The van der Waals surface area contributed by atoms with E-state index in [1.165, 1.54) is 0 Å². The number of carbonyl (C=O) groups is 1. The fraction of sp³-hybridized carbons (Fsp3) is 0.316. The molecule has 6 heteroatoms. The van der Waals surface area contributed by atoms with Crippen LogP contribution in [0.3, 0.4) is 0 Å². The standard InChI is InChI=1S/C19H22N4O2/c1-19(2,3)23-13-16(11-21-23)18(24)22(14-17-7-5-9-25-17)12-15-6-4-8-20-10-15/h4-11,13H,12,14H2,1-3H3. The van der Waals surface area contributed by atoms with E-state index in [1.807, 2.05) is 45.0 Å². The summed E-state index contributed by atoms with van der Waals surface area (Å²) in [5, 5.41) is 4.33. The molecule has 130 valence electrons. The van der Waals surface area contributed by atoms with Crippen LogP contribution in [0, 0.1) is 0 Å². The highest BCUT2D eigenvalue weighted by Gasteiger charge is 2.22. The van der Waals surface area contributed by atoms with Gasteiger partial charge in [0.25, 0.3) is 5.91 Å². The van der Waals surface area contributed by atoms with E-state index in [1.54, 1.807) is 40.6 Å². The number of nitrogens with zero attached hydrogens (tertiary/aromatic N) is 4. The van der Waals surface area contributed by atoms with Crippen LogP contribution in [0.4, 0.5) is 0 Å². The van der Waals surface area contributed by atoms with Gasteiger partial charge in [-0.15, -0.1) is 0 Å². The van der Waals surface area contributed by atoms with Gasteiger partial charge >= 0.3 is 0 Å². The summed E-state index contributed by atoms with van der Waals surface area (Å²) < 4.78 is 7.22. The molecule has 3 aromatic rings. The van der Waals surface area contributed by atoms with Crippen molar-refractivity contribution in [2.75, 3.05) is 0 Å². The van der Waals surface area contributed by atoms with Gasteiger partial charge in [-0.3, -0.25) is 14.5 Å². The number of carbonyl (C=O) groups excluding carboxylic acids is 1. The molecule has 0 aliphatic heterocycles. The molecule has 0 spiro atoms. The molecular weight excluding hydrogens is 316 g/mol. The van der Waals surface area contributed by atoms with Crippen molar-refractivity contribution in [1.29, 1.82) is 0 Å². The number of hydrogen-bond donors (Lipinski definition) is 0. The van der Waals surface area contributed by atoms with Gasteiger partial charge in [0.1, 0.15) is 5.76 Å². The second kappa shape index (κ2) is 6.93. The second-order valence-electron chi connectivity index (χ2n) is 6.95. The maximum Gasteiger partial charge on any atom is 0.257 e. The van der Waals surface area contributed by atoms with Crippen molar-refractivity contribution in [2.45, 2.75) is 39.4 Å². The number of hydrogen-bond acceptors (Lipinski definition) is 4. The molecule has 0 aromatic carbocycles. The Balaban J connectivity index is 1.84. The summed E-state index contributed by atoms with van der Waals surface area (Å²) in [5.74, 6) is 0.649. The van der Waals surface area contributed by atoms with Crippen LogP contribution in [0.1, 0.15) is 42.5 Å². The zero-order valence-corrected chi connectivity index (χ0v) is 14.7. The molecule has 0 saturated heterocycles. The monoisotopic (exact) mass is 338 g/mol. The number of aromatic nitrogens is 3. The minimum absolute atomic E-state index is 0.0873. The summed E-state index contributed by atoms with van der Waals surface area (Å²) in [4.78, 5) is 18.9. The van der Waals surface area contributed by atoms with Gasteiger partial charge in [0.2, 0.25) is 0 Å². The van der Waals surface area contributed by atoms with Gasteiger partial charge in [-0.2, -0.15) is 5.10 Å². The highest BCUT2D eigenvalue weighted by molar-refractivity contribution is 5.93. The van der Waals surface area contributed by atoms with Crippen LogP contribution < -0.4 is 0 Å². The molecule has 0 saturated carbocycles. The van der Waals surface area contributed by atoms with Crippen molar-refractivity contribution in [1.82, 2.24) is 19.7 Å². The fourth-order valence-electron chi connectivity index (χ4n) is 2.48. The molecule has 0 radical (unpaired) electrons. The molecule has 0 aliphatic carbocycles. The van der Waals surface area contributed by atoms with Crippen LogP contribution in [0.15, 0.2) is 59.7 Å². The van der Waals surface area contributed by atoms with Crippen molar-refractivity contribution in [3.05, 3.63) is 72.2 Å². The molecule has 3 heterocycles. The van der Waals surface area contributed by atoms with Crippen LogP contribution in [0.25, 0.3) is 0 Å². The van der Waals surface area contributed by atoms with E-state index in [-0.39, 0.29) is 11.4 Å². The predicted molar refractivity (Wildman–Crippen MR) is 93.7 cm³/mol. The van der Waals surface area contributed by atoms with Gasteiger partial charge in [-0.25, -0.2) is 0 Å². The molecule has 0 atom stereocenters. The molecular formula is C19H22N4O2. The van der Waals surface area contributed by atoms with E-state index in [0.29, 0.717) is 18.7 Å².